The second kappa shape index (κ2) is 12.5. The van der Waals surface area contributed by atoms with Gasteiger partial charge < -0.3 is 20.0 Å². The van der Waals surface area contributed by atoms with Gasteiger partial charge in [-0.25, -0.2) is 18.2 Å². The van der Waals surface area contributed by atoms with Crippen LogP contribution in [0.2, 0.25) is 10.0 Å². The minimum Gasteiger partial charge on any atom is -0.504 e. The Balaban J connectivity index is 1.83. The number of carbonyl (C=O) groups excluding carboxylic acids is 1. The summed E-state index contributed by atoms with van der Waals surface area (Å²) in [5.74, 6) is -6.85. The monoisotopic (exact) mass is 672 g/mol. The number of pyridine rings is 2. The maximum absolute atomic E-state index is 15.3. The molecule has 5 rings (SSSR count). The highest BCUT2D eigenvalue weighted by molar-refractivity contribution is 6.34. The van der Waals surface area contributed by atoms with Gasteiger partial charge in [0.15, 0.2) is 29.4 Å². The molecule has 3 aromatic rings. The van der Waals surface area contributed by atoms with E-state index in [1.54, 1.807) is 24.1 Å². The third-order valence-corrected chi connectivity index (χ3v) is 8.76. The Labute approximate surface area is 273 Å². The van der Waals surface area contributed by atoms with Crippen LogP contribution in [0.5, 0.6) is 5.75 Å². The van der Waals surface area contributed by atoms with Crippen molar-refractivity contribution in [2.75, 3.05) is 24.5 Å². The predicted molar refractivity (Wildman–Crippen MR) is 168 cm³/mol. The number of benzene rings is 1. The van der Waals surface area contributed by atoms with Gasteiger partial charge in [0, 0.05) is 37.4 Å². The first-order valence-electron chi connectivity index (χ1n) is 14.3. The smallest absolute Gasteiger partial charge is 0.246 e. The fraction of sp³-hybridized carbons (Fsp3) is 0.312. The first-order chi connectivity index (χ1) is 21.7. The Hall–Kier alpha value is -4.31. The van der Waals surface area contributed by atoms with Crippen molar-refractivity contribution in [2.45, 2.75) is 45.9 Å². The second-order valence-corrected chi connectivity index (χ2v) is 12.1. The molecule has 1 saturated heterocycles. The van der Waals surface area contributed by atoms with Gasteiger partial charge in [0.25, 0.3) is 0 Å². The Bertz CT molecular complexity index is 1830. The molecule has 9 nitrogen and oxygen atoms in total. The van der Waals surface area contributed by atoms with Gasteiger partial charge in [0.05, 0.1) is 33.4 Å². The normalized spacial score (nSPS) is 18.2. The van der Waals surface area contributed by atoms with E-state index in [0.29, 0.717) is 16.9 Å². The number of piperazine rings is 1. The third kappa shape index (κ3) is 5.22. The number of hydrogen-bond acceptors (Lipinski definition) is 8. The molecule has 0 radical (unpaired) electrons. The Morgan fingerprint density at radius 2 is 1.91 bits per heavy atom. The molecule has 1 fully saturated rings. The van der Waals surface area contributed by atoms with Crippen molar-refractivity contribution in [1.29, 1.82) is 5.26 Å². The lowest BCUT2D eigenvalue weighted by Gasteiger charge is -2.45. The van der Waals surface area contributed by atoms with Gasteiger partial charge in [-0.15, -0.1) is 0 Å². The number of rotatable bonds is 5. The summed E-state index contributed by atoms with van der Waals surface area (Å²) in [5, 5.41) is 31.4. The summed E-state index contributed by atoms with van der Waals surface area (Å²) in [5.41, 5.74) is 0.484. The Morgan fingerprint density at radius 1 is 1.22 bits per heavy atom. The zero-order valence-electron chi connectivity index (χ0n) is 25.2. The first kappa shape index (κ1) is 33.1. The highest BCUT2D eigenvalue weighted by Crippen LogP contribution is 2.49. The van der Waals surface area contributed by atoms with Crippen LogP contribution in [-0.2, 0) is 4.79 Å². The van der Waals surface area contributed by atoms with E-state index in [1.807, 2.05) is 25.7 Å². The fourth-order valence-corrected chi connectivity index (χ4v) is 6.37. The first-order valence-corrected chi connectivity index (χ1v) is 15.0. The number of aliphatic hydroxyl groups excluding tert-OH is 1. The van der Waals surface area contributed by atoms with E-state index in [0.717, 1.165) is 0 Å². The molecule has 1 amide bonds. The molecule has 1 aromatic carbocycles. The molecule has 1 unspecified atom stereocenters. The number of carbonyl (C=O) groups is 1. The van der Waals surface area contributed by atoms with Crippen LogP contribution < -0.4 is 4.90 Å². The van der Waals surface area contributed by atoms with Crippen molar-refractivity contribution in [3.8, 4) is 23.1 Å². The number of fused-ring (bicyclic) bond motifs is 1. The molecule has 0 bridgehead atoms. The van der Waals surface area contributed by atoms with Gasteiger partial charge in [-0.05, 0) is 43.5 Å². The zero-order valence-corrected chi connectivity index (χ0v) is 26.8. The van der Waals surface area contributed by atoms with Gasteiger partial charge in [-0.1, -0.05) is 43.6 Å². The summed E-state index contributed by atoms with van der Waals surface area (Å²) >= 11 is 12.2. The van der Waals surface area contributed by atoms with E-state index < -0.39 is 45.7 Å². The van der Waals surface area contributed by atoms with E-state index in [2.05, 4.69) is 22.6 Å². The highest BCUT2D eigenvalue weighted by Gasteiger charge is 2.41. The van der Waals surface area contributed by atoms with Crippen molar-refractivity contribution in [3.05, 3.63) is 80.9 Å². The largest absolute Gasteiger partial charge is 0.504 e. The van der Waals surface area contributed by atoms with Crippen LogP contribution in [0.25, 0.3) is 17.0 Å². The van der Waals surface area contributed by atoms with Crippen molar-refractivity contribution in [3.63, 3.8) is 0 Å². The van der Waals surface area contributed by atoms with E-state index in [-0.39, 0.29) is 65.2 Å². The maximum Gasteiger partial charge on any atom is 0.246 e. The number of halogens is 5. The van der Waals surface area contributed by atoms with Crippen LogP contribution >= 0.6 is 23.2 Å². The molecule has 0 aliphatic carbocycles. The fourth-order valence-electron chi connectivity index (χ4n) is 5.95. The molecular formula is C32H29Cl2F3N6O3. The van der Waals surface area contributed by atoms with Gasteiger partial charge >= 0.3 is 0 Å². The Kier molecular flexibility index (Phi) is 8.96. The number of anilines is 2. The molecule has 2 N–H and O–H groups in total. The number of nitrogens with zero attached hydrogens (tertiary/aromatic N) is 6. The third-order valence-electron chi connectivity index (χ3n) is 8.14. The summed E-state index contributed by atoms with van der Waals surface area (Å²) in [6.45, 7) is 11.7. The molecule has 4 heterocycles. The Morgan fingerprint density at radius 3 is 2.52 bits per heavy atom. The van der Waals surface area contributed by atoms with E-state index in [1.165, 1.54) is 17.0 Å². The molecular weight excluding hydrogens is 644 g/mol. The molecule has 2 atom stereocenters. The molecule has 240 valence electrons. The van der Waals surface area contributed by atoms with Crippen LogP contribution in [0.4, 0.5) is 24.7 Å². The zero-order chi connectivity index (χ0) is 33.8. The summed E-state index contributed by atoms with van der Waals surface area (Å²) in [4.78, 5) is 26.2. The number of hydrogen-bond donors (Lipinski definition) is 2. The van der Waals surface area contributed by atoms with Crippen molar-refractivity contribution in [2.24, 2.45) is 0 Å². The highest BCUT2D eigenvalue weighted by atomic mass is 35.5. The van der Waals surface area contributed by atoms with Crippen LogP contribution in [-0.4, -0.2) is 67.8 Å². The van der Waals surface area contributed by atoms with E-state index >= 15 is 4.39 Å². The average Bonchev–Trinajstić information content (AvgIpc) is 3.02. The minimum atomic E-state index is -1.75. The van der Waals surface area contributed by atoms with Crippen LogP contribution in [0.1, 0.15) is 43.5 Å². The summed E-state index contributed by atoms with van der Waals surface area (Å²) < 4.78 is 44.7. The van der Waals surface area contributed by atoms with Crippen LogP contribution in [0.15, 0.2) is 36.6 Å². The number of phenols is 1. The summed E-state index contributed by atoms with van der Waals surface area (Å²) in [6, 6.07) is 4.82. The number of phenolic OH excluding ortho intramolecular Hbond substituents is 1. The average molecular weight is 674 g/mol. The second-order valence-electron chi connectivity index (χ2n) is 11.3. The SMILES string of the molecule is C=CC(=O)N1CCN(C2=C(C#N)C(O)N(c3c(C)ccnc3C(C)C)c3nc(-c4c(O)c(F)c(Cl)c(F)c4F)c(Cl)cc32)C[C@H]1C. The van der Waals surface area contributed by atoms with Gasteiger partial charge in [0.1, 0.15) is 22.5 Å². The summed E-state index contributed by atoms with van der Waals surface area (Å²) in [6.07, 6.45) is 1.15. The molecule has 2 aromatic heterocycles. The minimum absolute atomic E-state index is 0.0503. The molecule has 14 heteroatoms. The van der Waals surface area contributed by atoms with E-state index in [9.17, 15) is 29.1 Å². The number of aromatic nitrogens is 2. The maximum atomic E-state index is 15.3. The molecule has 46 heavy (non-hydrogen) atoms. The molecule has 0 spiro atoms. The standard InChI is InChI=1S/C32H29Cl2F3N6O3/c1-6-20(44)42-10-9-41(13-16(42)5)29-17-11-19(33)27(21-23(35)24(36)22(34)25(37)30(21)45)40-31(17)43(32(46)18(29)12-38)28-15(4)7-8-39-26(28)14(2)3/h6-8,11,14,16,32,45-46H,1,9-10,13H2,2-5H3/t16-,32?/m1/s1. The summed E-state index contributed by atoms with van der Waals surface area (Å²) in [7, 11) is 0. The lowest BCUT2D eigenvalue weighted by Crippen LogP contribution is -2.54. The number of amides is 1. The number of aliphatic hydroxyl groups is 1. The van der Waals surface area contributed by atoms with Crippen molar-refractivity contribution in [1.82, 2.24) is 19.8 Å². The van der Waals surface area contributed by atoms with Gasteiger partial charge in [-0.3, -0.25) is 14.7 Å². The predicted octanol–water partition coefficient (Wildman–Crippen LogP) is 6.43. The van der Waals surface area contributed by atoms with Gasteiger partial charge in [-0.2, -0.15) is 5.26 Å². The number of aromatic hydroxyl groups is 1. The lowest BCUT2D eigenvalue weighted by molar-refractivity contribution is -0.129. The van der Waals surface area contributed by atoms with Crippen LogP contribution in [0.3, 0.4) is 0 Å². The lowest BCUT2D eigenvalue weighted by atomic mass is 9.94. The number of nitriles is 1. The van der Waals surface area contributed by atoms with Crippen molar-refractivity contribution >= 4 is 46.3 Å². The van der Waals surface area contributed by atoms with E-state index in [4.69, 9.17) is 23.2 Å². The number of aryl methyl sites for hydroxylation is 1. The molecule has 0 saturated carbocycles. The van der Waals surface area contributed by atoms with Crippen molar-refractivity contribution < 1.29 is 28.2 Å². The van der Waals surface area contributed by atoms with Gasteiger partial charge in [0.2, 0.25) is 5.91 Å². The molecule has 2 aliphatic heterocycles. The topological polar surface area (TPSA) is 117 Å². The van der Waals surface area contributed by atoms with Crippen LogP contribution in [0, 0.1) is 35.7 Å². The molecule has 2 aliphatic rings. The quantitative estimate of drug-likeness (QED) is 0.181.